The van der Waals surface area contributed by atoms with Crippen LogP contribution in [-0.2, 0) is 6.54 Å². The number of aromatic nitrogens is 3. The lowest BCUT2D eigenvalue weighted by atomic mass is 10.3. The standard InChI is InChI=1S/C14H10BrF2N3O/c15-9-3-5-10(6-4-9)21-14-19-11-2-1-7-18-13(11)20(14)8-12(16)17/h1-7,12H,8H2. The number of rotatable bonds is 4. The number of ether oxygens (including phenoxy) is 1. The molecular formula is C14H10BrF2N3O. The zero-order valence-electron chi connectivity index (χ0n) is 10.7. The van der Waals surface area contributed by atoms with Gasteiger partial charge >= 0.3 is 6.01 Å². The fourth-order valence-electron chi connectivity index (χ4n) is 1.93. The van der Waals surface area contributed by atoms with Gasteiger partial charge in [0.1, 0.15) is 11.3 Å². The molecule has 108 valence electrons. The fraction of sp³-hybridized carbons (Fsp3) is 0.143. The Morgan fingerprint density at radius 2 is 1.95 bits per heavy atom. The molecule has 0 atom stereocenters. The van der Waals surface area contributed by atoms with Crippen molar-refractivity contribution in [3.63, 3.8) is 0 Å². The molecule has 3 aromatic rings. The van der Waals surface area contributed by atoms with Crippen molar-refractivity contribution >= 4 is 27.1 Å². The fourth-order valence-corrected chi connectivity index (χ4v) is 2.19. The molecule has 0 amide bonds. The molecule has 7 heteroatoms. The smallest absolute Gasteiger partial charge is 0.304 e. The van der Waals surface area contributed by atoms with Crippen molar-refractivity contribution in [2.24, 2.45) is 0 Å². The minimum absolute atomic E-state index is 0.103. The Kier molecular flexibility index (Phi) is 3.83. The number of halogens is 3. The van der Waals surface area contributed by atoms with Gasteiger partial charge in [0.15, 0.2) is 5.65 Å². The lowest BCUT2D eigenvalue weighted by Crippen LogP contribution is -2.08. The summed E-state index contributed by atoms with van der Waals surface area (Å²) < 4.78 is 33.3. The van der Waals surface area contributed by atoms with Crippen LogP contribution >= 0.6 is 15.9 Å². The number of imidazole rings is 1. The van der Waals surface area contributed by atoms with Crippen LogP contribution in [0.25, 0.3) is 11.2 Å². The number of hydrogen-bond donors (Lipinski definition) is 0. The quantitative estimate of drug-likeness (QED) is 0.703. The topological polar surface area (TPSA) is 39.9 Å². The van der Waals surface area contributed by atoms with E-state index in [4.69, 9.17) is 4.74 Å². The molecule has 21 heavy (non-hydrogen) atoms. The van der Waals surface area contributed by atoms with Crippen LogP contribution in [0.2, 0.25) is 0 Å². The Bertz CT molecular complexity index is 759. The van der Waals surface area contributed by atoms with Gasteiger partial charge in [0.05, 0.1) is 6.54 Å². The second-order valence-electron chi connectivity index (χ2n) is 4.30. The summed E-state index contributed by atoms with van der Waals surface area (Å²) in [6.07, 6.45) is -0.980. The first kappa shape index (κ1) is 13.9. The van der Waals surface area contributed by atoms with Crippen molar-refractivity contribution in [2.45, 2.75) is 13.0 Å². The predicted molar refractivity (Wildman–Crippen MR) is 77.7 cm³/mol. The second-order valence-corrected chi connectivity index (χ2v) is 5.21. The van der Waals surface area contributed by atoms with Crippen molar-refractivity contribution < 1.29 is 13.5 Å². The summed E-state index contributed by atoms with van der Waals surface area (Å²) in [7, 11) is 0. The van der Waals surface area contributed by atoms with Gasteiger partial charge < -0.3 is 4.74 Å². The summed E-state index contributed by atoms with van der Waals surface area (Å²) >= 11 is 3.32. The lowest BCUT2D eigenvalue weighted by Gasteiger charge is -2.08. The third-order valence-electron chi connectivity index (χ3n) is 2.81. The summed E-state index contributed by atoms with van der Waals surface area (Å²) in [5, 5.41) is 0. The summed E-state index contributed by atoms with van der Waals surface area (Å²) in [5.41, 5.74) is 0.898. The molecule has 2 heterocycles. The predicted octanol–water partition coefficient (Wildman–Crippen LogP) is 4.25. The first-order valence-corrected chi connectivity index (χ1v) is 6.95. The molecule has 1 aromatic carbocycles. The number of fused-ring (bicyclic) bond motifs is 1. The molecule has 0 saturated carbocycles. The number of pyridine rings is 1. The number of alkyl halides is 2. The summed E-state index contributed by atoms with van der Waals surface area (Å²) in [4.78, 5) is 8.31. The molecule has 0 saturated heterocycles. The zero-order chi connectivity index (χ0) is 14.8. The van der Waals surface area contributed by atoms with Crippen LogP contribution in [0.5, 0.6) is 11.8 Å². The van der Waals surface area contributed by atoms with Crippen molar-refractivity contribution in [3.8, 4) is 11.8 Å². The van der Waals surface area contributed by atoms with Gasteiger partial charge in [-0.05, 0) is 36.4 Å². The van der Waals surface area contributed by atoms with Gasteiger partial charge in [-0.2, -0.15) is 4.98 Å². The van der Waals surface area contributed by atoms with Crippen LogP contribution in [0.4, 0.5) is 8.78 Å². The Labute approximate surface area is 127 Å². The van der Waals surface area contributed by atoms with E-state index in [1.54, 1.807) is 36.4 Å². The van der Waals surface area contributed by atoms with Gasteiger partial charge in [0, 0.05) is 10.7 Å². The monoisotopic (exact) mass is 353 g/mol. The van der Waals surface area contributed by atoms with Crippen molar-refractivity contribution in [1.82, 2.24) is 14.5 Å². The summed E-state index contributed by atoms with van der Waals surface area (Å²) in [5.74, 6) is 0.518. The van der Waals surface area contributed by atoms with Gasteiger partial charge in [-0.3, -0.25) is 4.57 Å². The molecular weight excluding hydrogens is 344 g/mol. The van der Waals surface area contributed by atoms with E-state index in [9.17, 15) is 8.78 Å². The van der Waals surface area contributed by atoms with Crippen LogP contribution in [-0.4, -0.2) is 21.0 Å². The average Bonchev–Trinajstić information content (AvgIpc) is 2.79. The third-order valence-corrected chi connectivity index (χ3v) is 3.34. The van der Waals surface area contributed by atoms with E-state index >= 15 is 0 Å². The molecule has 0 N–H and O–H groups in total. The Hall–Kier alpha value is -2.02. The molecule has 0 bridgehead atoms. The maximum absolute atomic E-state index is 12.8. The Morgan fingerprint density at radius 1 is 1.19 bits per heavy atom. The molecule has 0 aliphatic rings. The average molecular weight is 354 g/mol. The van der Waals surface area contributed by atoms with E-state index in [2.05, 4.69) is 25.9 Å². The molecule has 0 unspecified atom stereocenters. The van der Waals surface area contributed by atoms with Gasteiger partial charge in [-0.1, -0.05) is 15.9 Å². The Balaban J connectivity index is 2.02. The second kappa shape index (κ2) is 5.77. The highest BCUT2D eigenvalue weighted by atomic mass is 79.9. The highest BCUT2D eigenvalue weighted by Gasteiger charge is 2.17. The molecule has 0 aliphatic carbocycles. The Morgan fingerprint density at radius 3 is 2.67 bits per heavy atom. The first-order chi connectivity index (χ1) is 10.1. The van der Waals surface area contributed by atoms with E-state index in [0.717, 1.165) is 4.47 Å². The SMILES string of the molecule is FC(F)Cn1c(Oc2ccc(Br)cc2)nc2cccnc21. The van der Waals surface area contributed by atoms with E-state index < -0.39 is 13.0 Å². The van der Waals surface area contributed by atoms with E-state index in [1.807, 2.05) is 0 Å². The summed E-state index contributed by atoms with van der Waals surface area (Å²) in [6.45, 7) is -0.515. The van der Waals surface area contributed by atoms with Gasteiger partial charge in [0.2, 0.25) is 0 Å². The highest BCUT2D eigenvalue weighted by molar-refractivity contribution is 9.10. The van der Waals surface area contributed by atoms with Gasteiger partial charge in [0.25, 0.3) is 6.43 Å². The third kappa shape index (κ3) is 3.02. The molecule has 0 fully saturated rings. The van der Waals surface area contributed by atoms with Gasteiger partial charge in [-0.15, -0.1) is 0 Å². The largest absolute Gasteiger partial charge is 0.425 e. The van der Waals surface area contributed by atoms with Crippen molar-refractivity contribution in [1.29, 1.82) is 0 Å². The van der Waals surface area contributed by atoms with E-state index in [-0.39, 0.29) is 6.01 Å². The van der Waals surface area contributed by atoms with Crippen molar-refractivity contribution in [2.75, 3.05) is 0 Å². The van der Waals surface area contributed by atoms with Crippen LogP contribution in [0.1, 0.15) is 0 Å². The number of hydrogen-bond acceptors (Lipinski definition) is 3. The highest BCUT2D eigenvalue weighted by Crippen LogP contribution is 2.26. The van der Waals surface area contributed by atoms with E-state index in [1.165, 1.54) is 10.8 Å². The minimum atomic E-state index is -2.52. The normalized spacial score (nSPS) is 11.2. The maximum atomic E-state index is 12.8. The minimum Gasteiger partial charge on any atom is -0.425 e. The van der Waals surface area contributed by atoms with Crippen LogP contribution in [0.15, 0.2) is 47.1 Å². The molecule has 0 spiro atoms. The molecule has 3 rings (SSSR count). The van der Waals surface area contributed by atoms with Crippen molar-refractivity contribution in [3.05, 3.63) is 47.1 Å². The molecule has 0 aliphatic heterocycles. The molecule has 0 radical (unpaired) electrons. The maximum Gasteiger partial charge on any atom is 0.304 e. The van der Waals surface area contributed by atoms with Crippen LogP contribution < -0.4 is 4.74 Å². The van der Waals surface area contributed by atoms with Crippen LogP contribution in [0, 0.1) is 0 Å². The summed E-state index contributed by atoms with van der Waals surface area (Å²) in [6, 6.07) is 10.6. The molecule has 2 aromatic heterocycles. The van der Waals surface area contributed by atoms with E-state index in [0.29, 0.717) is 16.9 Å². The first-order valence-electron chi connectivity index (χ1n) is 6.16. The zero-order valence-corrected chi connectivity index (χ0v) is 12.3. The van der Waals surface area contributed by atoms with Crippen LogP contribution in [0.3, 0.4) is 0 Å². The van der Waals surface area contributed by atoms with Gasteiger partial charge in [-0.25, -0.2) is 13.8 Å². The lowest BCUT2D eigenvalue weighted by molar-refractivity contribution is 0.124. The number of benzene rings is 1. The number of nitrogens with zero attached hydrogens (tertiary/aromatic N) is 3. The molecule has 4 nitrogen and oxygen atoms in total.